The molecule has 2 aromatic heterocycles. The summed E-state index contributed by atoms with van der Waals surface area (Å²) in [5.74, 6) is 0.372. The van der Waals surface area contributed by atoms with Gasteiger partial charge in [-0.3, -0.25) is 4.98 Å². The maximum Gasteiger partial charge on any atom is 0.207 e. The Morgan fingerprint density at radius 2 is 2.22 bits per heavy atom. The van der Waals surface area contributed by atoms with Gasteiger partial charge in [-0.25, -0.2) is 9.37 Å². The van der Waals surface area contributed by atoms with Gasteiger partial charge in [0.1, 0.15) is 5.82 Å². The zero-order valence-electron chi connectivity index (χ0n) is 10.7. The fraction of sp³-hybridized carbons (Fsp3) is 0.385. The molecule has 0 fully saturated rings. The Hall–Kier alpha value is -1.91. The van der Waals surface area contributed by atoms with Crippen LogP contribution >= 0.6 is 0 Å². The van der Waals surface area contributed by atoms with Gasteiger partial charge in [-0.05, 0) is 13.3 Å². The summed E-state index contributed by atoms with van der Waals surface area (Å²) in [6.07, 6.45) is 6.96. The van der Waals surface area contributed by atoms with E-state index in [1.165, 1.54) is 12.3 Å². The number of pyridine rings is 1. The van der Waals surface area contributed by atoms with E-state index in [1.807, 2.05) is 17.7 Å². The van der Waals surface area contributed by atoms with E-state index in [1.54, 1.807) is 6.20 Å². The predicted molar refractivity (Wildman–Crippen MR) is 69.3 cm³/mol. The van der Waals surface area contributed by atoms with Gasteiger partial charge in [-0.1, -0.05) is 13.3 Å². The molecule has 0 amide bonds. The third kappa shape index (κ3) is 3.06. The van der Waals surface area contributed by atoms with Gasteiger partial charge in [-0.2, -0.15) is 0 Å². The van der Waals surface area contributed by atoms with Crippen molar-refractivity contribution in [1.82, 2.24) is 14.5 Å². The van der Waals surface area contributed by atoms with Crippen LogP contribution in [-0.4, -0.2) is 14.5 Å². The molecule has 0 saturated heterocycles. The van der Waals surface area contributed by atoms with E-state index in [-0.39, 0.29) is 5.82 Å². The first-order valence-corrected chi connectivity index (χ1v) is 6.10. The average molecular weight is 248 g/mol. The van der Waals surface area contributed by atoms with Crippen molar-refractivity contribution in [2.24, 2.45) is 0 Å². The normalized spacial score (nSPS) is 10.6. The van der Waals surface area contributed by atoms with E-state index in [9.17, 15) is 4.39 Å². The van der Waals surface area contributed by atoms with Gasteiger partial charge in [0.25, 0.3) is 0 Å². The Morgan fingerprint density at radius 3 is 2.94 bits per heavy atom. The summed E-state index contributed by atoms with van der Waals surface area (Å²) >= 11 is 0. The zero-order chi connectivity index (χ0) is 13.0. The second-order valence-electron chi connectivity index (χ2n) is 4.27. The number of hydrogen-bond donors (Lipinski definition) is 1. The summed E-state index contributed by atoms with van der Waals surface area (Å²) in [7, 11) is 0. The molecule has 96 valence electrons. The predicted octanol–water partition coefficient (Wildman–Crippen LogP) is 3.27. The van der Waals surface area contributed by atoms with Gasteiger partial charge in [0.15, 0.2) is 0 Å². The maximum absolute atomic E-state index is 13.0. The third-order valence-electron chi connectivity index (χ3n) is 2.61. The highest BCUT2D eigenvalue weighted by Crippen LogP contribution is 2.16. The van der Waals surface area contributed by atoms with Crippen LogP contribution in [0.1, 0.15) is 25.5 Å². The topological polar surface area (TPSA) is 42.7 Å². The Morgan fingerprint density at radius 1 is 1.39 bits per heavy atom. The minimum Gasteiger partial charge on any atom is -0.324 e. The largest absolute Gasteiger partial charge is 0.324 e. The number of imidazole rings is 1. The Labute approximate surface area is 106 Å². The van der Waals surface area contributed by atoms with E-state index in [0.717, 1.165) is 31.0 Å². The molecule has 2 rings (SSSR count). The Balaban J connectivity index is 2.17. The van der Waals surface area contributed by atoms with Crippen LogP contribution in [0, 0.1) is 12.7 Å². The standard InChI is InChI=1S/C13H17FN4/c1-3-4-5-18-9-10(2)16-13(18)17-12-6-11(14)7-15-8-12/h6-9H,3-5H2,1-2H3,(H,16,17). The van der Waals surface area contributed by atoms with Crippen molar-refractivity contribution >= 4 is 11.6 Å². The molecular formula is C13H17FN4. The number of halogens is 1. The molecule has 2 aromatic rings. The summed E-state index contributed by atoms with van der Waals surface area (Å²) < 4.78 is 15.1. The van der Waals surface area contributed by atoms with Crippen LogP contribution in [-0.2, 0) is 6.54 Å². The van der Waals surface area contributed by atoms with Crippen LogP contribution < -0.4 is 5.32 Å². The minimum absolute atomic E-state index is 0.358. The van der Waals surface area contributed by atoms with Crippen molar-refractivity contribution in [2.45, 2.75) is 33.2 Å². The summed E-state index contributed by atoms with van der Waals surface area (Å²) in [5, 5.41) is 3.09. The number of rotatable bonds is 5. The fourth-order valence-electron chi connectivity index (χ4n) is 1.75. The van der Waals surface area contributed by atoms with Crippen molar-refractivity contribution in [1.29, 1.82) is 0 Å². The van der Waals surface area contributed by atoms with Crippen molar-refractivity contribution in [3.8, 4) is 0 Å². The molecule has 0 atom stereocenters. The van der Waals surface area contributed by atoms with Crippen molar-refractivity contribution in [3.63, 3.8) is 0 Å². The van der Waals surface area contributed by atoms with E-state index >= 15 is 0 Å². The lowest BCUT2D eigenvalue weighted by atomic mass is 10.3. The quantitative estimate of drug-likeness (QED) is 0.883. The van der Waals surface area contributed by atoms with Crippen LogP contribution in [0.5, 0.6) is 0 Å². The first-order chi connectivity index (χ1) is 8.69. The van der Waals surface area contributed by atoms with E-state index in [4.69, 9.17) is 0 Å². The lowest BCUT2D eigenvalue weighted by molar-refractivity contribution is 0.621. The van der Waals surface area contributed by atoms with E-state index < -0.39 is 0 Å². The molecule has 4 nitrogen and oxygen atoms in total. The van der Waals surface area contributed by atoms with Gasteiger partial charge in [0.05, 0.1) is 23.8 Å². The molecule has 0 aliphatic carbocycles. The SMILES string of the molecule is CCCCn1cc(C)nc1Nc1cncc(F)c1. The van der Waals surface area contributed by atoms with Gasteiger partial charge >= 0.3 is 0 Å². The molecule has 0 unspecified atom stereocenters. The van der Waals surface area contributed by atoms with E-state index in [2.05, 4.69) is 22.2 Å². The Bertz CT molecular complexity index is 521. The number of hydrogen-bond acceptors (Lipinski definition) is 3. The highest BCUT2D eigenvalue weighted by Gasteiger charge is 2.06. The third-order valence-corrected chi connectivity index (χ3v) is 2.61. The minimum atomic E-state index is -0.358. The van der Waals surface area contributed by atoms with Gasteiger partial charge in [0.2, 0.25) is 5.95 Å². The second-order valence-corrected chi connectivity index (χ2v) is 4.27. The second kappa shape index (κ2) is 5.62. The highest BCUT2D eigenvalue weighted by atomic mass is 19.1. The fourth-order valence-corrected chi connectivity index (χ4v) is 1.75. The molecule has 0 spiro atoms. The number of anilines is 2. The average Bonchev–Trinajstić information content (AvgIpc) is 2.67. The first kappa shape index (κ1) is 12.5. The first-order valence-electron chi connectivity index (χ1n) is 6.10. The molecule has 0 saturated carbocycles. The van der Waals surface area contributed by atoms with E-state index in [0.29, 0.717) is 5.69 Å². The summed E-state index contributed by atoms with van der Waals surface area (Å²) in [5.41, 5.74) is 1.55. The highest BCUT2D eigenvalue weighted by molar-refractivity contribution is 5.52. The monoisotopic (exact) mass is 248 g/mol. The summed E-state index contributed by atoms with van der Waals surface area (Å²) in [6.45, 7) is 4.99. The van der Waals surface area contributed by atoms with Crippen LogP contribution in [0.15, 0.2) is 24.7 Å². The molecule has 5 heteroatoms. The molecule has 1 N–H and O–H groups in total. The zero-order valence-corrected chi connectivity index (χ0v) is 10.7. The van der Waals surface area contributed by atoms with Crippen molar-refractivity contribution in [3.05, 3.63) is 36.2 Å². The molecule has 0 radical (unpaired) electrons. The van der Waals surface area contributed by atoms with Crippen LogP contribution in [0.3, 0.4) is 0 Å². The molecular weight excluding hydrogens is 231 g/mol. The number of nitrogens with one attached hydrogen (secondary N) is 1. The number of unbranched alkanes of at least 4 members (excludes halogenated alkanes) is 1. The number of nitrogens with zero attached hydrogens (tertiary/aromatic N) is 3. The number of aryl methyl sites for hydroxylation is 2. The van der Waals surface area contributed by atoms with Gasteiger partial charge in [0, 0.05) is 18.8 Å². The Kier molecular flexibility index (Phi) is 3.92. The lowest BCUT2D eigenvalue weighted by Crippen LogP contribution is -2.03. The summed E-state index contributed by atoms with van der Waals surface area (Å²) in [6, 6.07) is 1.40. The van der Waals surface area contributed by atoms with Crippen LogP contribution in [0.25, 0.3) is 0 Å². The van der Waals surface area contributed by atoms with Crippen molar-refractivity contribution in [2.75, 3.05) is 5.32 Å². The summed E-state index contributed by atoms with van der Waals surface area (Å²) in [4.78, 5) is 8.19. The smallest absolute Gasteiger partial charge is 0.207 e. The molecule has 18 heavy (non-hydrogen) atoms. The van der Waals surface area contributed by atoms with Gasteiger partial charge in [-0.15, -0.1) is 0 Å². The number of aromatic nitrogens is 3. The molecule has 0 aromatic carbocycles. The van der Waals surface area contributed by atoms with Crippen LogP contribution in [0.2, 0.25) is 0 Å². The molecule has 0 aliphatic heterocycles. The lowest BCUT2D eigenvalue weighted by Gasteiger charge is -2.08. The molecule has 0 aliphatic rings. The molecule has 2 heterocycles. The van der Waals surface area contributed by atoms with Crippen LogP contribution in [0.4, 0.5) is 16.0 Å². The van der Waals surface area contributed by atoms with Gasteiger partial charge < -0.3 is 9.88 Å². The maximum atomic E-state index is 13.0. The van der Waals surface area contributed by atoms with Crippen molar-refractivity contribution < 1.29 is 4.39 Å². The molecule has 0 bridgehead atoms.